The van der Waals surface area contributed by atoms with Gasteiger partial charge in [0.05, 0.1) is 6.61 Å². The van der Waals surface area contributed by atoms with E-state index in [0.717, 1.165) is 0 Å². The van der Waals surface area contributed by atoms with E-state index in [9.17, 15) is 4.39 Å². The molecule has 0 heterocycles. The van der Waals surface area contributed by atoms with E-state index >= 15 is 0 Å². The van der Waals surface area contributed by atoms with Gasteiger partial charge in [0.2, 0.25) is 0 Å². The second kappa shape index (κ2) is 6.40. The van der Waals surface area contributed by atoms with Crippen LogP contribution in [0.3, 0.4) is 0 Å². The molecule has 2 nitrogen and oxygen atoms in total. The molecule has 2 atom stereocenters. The topological polar surface area (TPSA) is 32.3 Å². The van der Waals surface area contributed by atoms with Crippen molar-refractivity contribution in [3.63, 3.8) is 0 Å². The summed E-state index contributed by atoms with van der Waals surface area (Å²) >= 11 is 0. The highest BCUT2D eigenvalue weighted by atomic mass is 19.1. The minimum Gasteiger partial charge on any atom is -0.395 e. The van der Waals surface area contributed by atoms with Crippen LogP contribution in [0.15, 0.2) is 36.9 Å². The van der Waals surface area contributed by atoms with Gasteiger partial charge in [0.25, 0.3) is 0 Å². The molecule has 1 rings (SSSR count). The van der Waals surface area contributed by atoms with Gasteiger partial charge < -0.3 is 10.4 Å². The van der Waals surface area contributed by atoms with Crippen LogP contribution in [0.2, 0.25) is 0 Å². The summed E-state index contributed by atoms with van der Waals surface area (Å²) in [5.74, 6) is -0.230. The van der Waals surface area contributed by atoms with Crippen molar-refractivity contribution in [1.29, 1.82) is 0 Å². The SMILES string of the molecule is C=CCC(NC(C)CO)c1ccccc1F. The van der Waals surface area contributed by atoms with Crippen molar-refractivity contribution >= 4 is 0 Å². The predicted molar refractivity (Wildman–Crippen MR) is 63.6 cm³/mol. The van der Waals surface area contributed by atoms with E-state index in [1.54, 1.807) is 24.3 Å². The van der Waals surface area contributed by atoms with Gasteiger partial charge in [0.15, 0.2) is 0 Å². The Morgan fingerprint density at radius 3 is 2.75 bits per heavy atom. The van der Waals surface area contributed by atoms with E-state index in [4.69, 9.17) is 5.11 Å². The molecular weight excluding hydrogens is 205 g/mol. The van der Waals surface area contributed by atoms with E-state index in [-0.39, 0.29) is 24.5 Å². The second-order valence-corrected chi connectivity index (χ2v) is 3.85. The molecule has 0 bridgehead atoms. The van der Waals surface area contributed by atoms with Crippen LogP contribution in [-0.4, -0.2) is 17.8 Å². The van der Waals surface area contributed by atoms with Crippen LogP contribution >= 0.6 is 0 Å². The number of benzene rings is 1. The van der Waals surface area contributed by atoms with Gasteiger partial charge in [-0.25, -0.2) is 4.39 Å². The quantitative estimate of drug-likeness (QED) is 0.726. The summed E-state index contributed by atoms with van der Waals surface area (Å²) in [7, 11) is 0. The van der Waals surface area contributed by atoms with Crippen LogP contribution < -0.4 is 5.32 Å². The Bertz CT molecular complexity index is 340. The van der Waals surface area contributed by atoms with Gasteiger partial charge in [-0.1, -0.05) is 24.3 Å². The van der Waals surface area contributed by atoms with Crippen molar-refractivity contribution in [2.24, 2.45) is 0 Å². The standard InChI is InChI=1S/C13H18FNO/c1-3-6-13(15-10(2)9-16)11-7-4-5-8-12(11)14/h3-5,7-8,10,13,15-16H,1,6,9H2,2H3. The Labute approximate surface area is 95.8 Å². The van der Waals surface area contributed by atoms with E-state index in [1.165, 1.54) is 6.07 Å². The maximum Gasteiger partial charge on any atom is 0.127 e. The number of hydrogen-bond acceptors (Lipinski definition) is 2. The summed E-state index contributed by atoms with van der Waals surface area (Å²) in [5, 5.41) is 12.1. The summed E-state index contributed by atoms with van der Waals surface area (Å²) < 4.78 is 13.6. The molecule has 2 N–H and O–H groups in total. The van der Waals surface area contributed by atoms with Crippen LogP contribution in [0, 0.1) is 5.82 Å². The van der Waals surface area contributed by atoms with Gasteiger partial charge in [-0.15, -0.1) is 6.58 Å². The van der Waals surface area contributed by atoms with Crippen LogP contribution in [0.1, 0.15) is 24.9 Å². The average molecular weight is 223 g/mol. The molecule has 0 aliphatic carbocycles. The fourth-order valence-corrected chi connectivity index (χ4v) is 1.61. The van der Waals surface area contributed by atoms with E-state index in [1.807, 2.05) is 6.92 Å². The van der Waals surface area contributed by atoms with Crippen molar-refractivity contribution in [3.05, 3.63) is 48.3 Å². The number of nitrogens with one attached hydrogen (secondary N) is 1. The summed E-state index contributed by atoms with van der Waals surface area (Å²) in [6.07, 6.45) is 2.37. The molecule has 88 valence electrons. The average Bonchev–Trinajstić information content (AvgIpc) is 2.29. The zero-order valence-corrected chi connectivity index (χ0v) is 9.49. The predicted octanol–water partition coefficient (Wildman–Crippen LogP) is 2.41. The molecular formula is C13H18FNO. The maximum absolute atomic E-state index is 13.6. The first-order valence-corrected chi connectivity index (χ1v) is 5.41. The molecule has 0 aromatic heterocycles. The molecule has 0 radical (unpaired) electrons. The molecule has 1 aromatic rings. The highest BCUT2D eigenvalue weighted by molar-refractivity contribution is 5.22. The van der Waals surface area contributed by atoms with Crippen LogP contribution in [-0.2, 0) is 0 Å². The smallest absolute Gasteiger partial charge is 0.127 e. The van der Waals surface area contributed by atoms with Crippen molar-refractivity contribution in [1.82, 2.24) is 5.32 Å². The molecule has 3 heteroatoms. The molecule has 0 fully saturated rings. The third-order valence-electron chi connectivity index (χ3n) is 2.44. The van der Waals surface area contributed by atoms with E-state index < -0.39 is 0 Å². The summed E-state index contributed by atoms with van der Waals surface area (Å²) in [6.45, 7) is 5.55. The van der Waals surface area contributed by atoms with E-state index in [2.05, 4.69) is 11.9 Å². The highest BCUT2D eigenvalue weighted by Crippen LogP contribution is 2.20. The summed E-state index contributed by atoms with van der Waals surface area (Å²) in [5.41, 5.74) is 0.614. The van der Waals surface area contributed by atoms with Crippen molar-refractivity contribution in [2.75, 3.05) is 6.61 Å². The van der Waals surface area contributed by atoms with Crippen LogP contribution in [0.25, 0.3) is 0 Å². The molecule has 0 spiro atoms. The Morgan fingerprint density at radius 2 is 2.19 bits per heavy atom. The fraction of sp³-hybridized carbons (Fsp3) is 0.385. The molecule has 1 aromatic carbocycles. The lowest BCUT2D eigenvalue weighted by molar-refractivity contribution is 0.240. The Morgan fingerprint density at radius 1 is 1.50 bits per heavy atom. The van der Waals surface area contributed by atoms with Gasteiger partial charge in [0.1, 0.15) is 5.82 Å². The van der Waals surface area contributed by atoms with Gasteiger partial charge in [-0.3, -0.25) is 0 Å². The molecule has 16 heavy (non-hydrogen) atoms. The second-order valence-electron chi connectivity index (χ2n) is 3.85. The number of aliphatic hydroxyl groups is 1. The van der Waals surface area contributed by atoms with Gasteiger partial charge in [0, 0.05) is 17.6 Å². The molecule has 2 unspecified atom stereocenters. The third kappa shape index (κ3) is 3.43. The van der Waals surface area contributed by atoms with Crippen LogP contribution in [0.4, 0.5) is 4.39 Å². The summed E-state index contributed by atoms with van der Waals surface area (Å²) in [4.78, 5) is 0. The maximum atomic E-state index is 13.6. The Hall–Kier alpha value is -1.19. The number of hydrogen-bond donors (Lipinski definition) is 2. The molecule has 0 aliphatic rings. The largest absolute Gasteiger partial charge is 0.395 e. The zero-order valence-electron chi connectivity index (χ0n) is 9.49. The monoisotopic (exact) mass is 223 g/mol. The van der Waals surface area contributed by atoms with Crippen molar-refractivity contribution in [3.8, 4) is 0 Å². The van der Waals surface area contributed by atoms with Crippen LogP contribution in [0.5, 0.6) is 0 Å². The molecule has 0 amide bonds. The first kappa shape index (κ1) is 12.9. The van der Waals surface area contributed by atoms with Crippen molar-refractivity contribution in [2.45, 2.75) is 25.4 Å². The lowest BCUT2D eigenvalue weighted by atomic mass is 10.0. The minimum absolute atomic E-state index is 0.0299. The zero-order chi connectivity index (χ0) is 12.0. The van der Waals surface area contributed by atoms with E-state index in [0.29, 0.717) is 12.0 Å². The molecule has 0 aliphatic heterocycles. The highest BCUT2D eigenvalue weighted by Gasteiger charge is 2.15. The lowest BCUT2D eigenvalue weighted by Gasteiger charge is -2.22. The number of rotatable bonds is 6. The van der Waals surface area contributed by atoms with Gasteiger partial charge in [-0.2, -0.15) is 0 Å². The first-order valence-electron chi connectivity index (χ1n) is 5.41. The molecule has 0 saturated carbocycles. The Kier molecular flexibility index (Phi) is 5.15. The molecule has 0 saturated heterocycles. The third-order valence-corrected chi connectivity index (χ3v) is 2.44. The van der Waals surface area contributed by atoms with Gasteiger partial charge in [-0.05, 0) is 19.4 Å². The summed E-state index contributed by atoms with van der Waals surface area (Å²) in [6, 6.07) is 6.46. The van der Waals surface area contributed by atoms with Gasteiger partial charge >= 0.3 is 0 Å². The fourth-order valence-electron chi connectivity index (χ4n) is 1.61. The first-order chi connectivity index (χ1) is 7.69. The minimum atomic E-state index is -0.230. The Balaban J connectivity index is 2.84. The lowest BCUT2D eigenvalue weighted by Crippen LogP contribution is -2.33. The van der Waals surface area contributed by atoms with Crippen molar-refractivity contribution < 1.29 is 9.50 Å². The normalized spacial score (nSPS) is 14.4. The number of halogens is 1. The number of aliphatic hydroxyl groups excluding tert-OH is 1.